The van der Waals surface area contributed by atoms with Gasteiger partial charge in [-0.15, -0.1) is 0 Å². The Bertz CT molecular complexity index is 144. The second-order valence-corrected chi connectivity index (χ2v) is 4.42. The van der Waals surface area contributed by atoms with Crippen LogP contribution in [0.5, 0.6) is 0 Å². The lowest BCUT2D eigenvalue weighted by atomic mass is 9.98. The first-order valence-corrected chi connectivity index (χ1v) is 5.68. The van der Waals surface area contributed by atoms with Gasteiger partial charge in [0, 0.05) is 31.9 Å². The van der Waals surface area contributed by atoms with Crippen LogP contribution in [0.2, 0.25) is 0 Å². The molecule has 1 fully saturated rings. The van der Waals surface area contributed by atoms with Gasteiger partial charge in [-0.05, 0) is 25.2 Å². The number of ether oxygens (including phenoxy) is 1. The van der Waals surface area contributed by atoms with Crippen LogP contribution in [0.3, 0.4) is 0 Å². The first-order valence-electron chi connectivity index (χ1n) is 5.68. The van der Waals surface area contributed by atoms with Crippen molar-refractivity contribution in [2.75, 3.05) is 19.8 Å². The lowest BCUT2D eigenvalue weighted by Crippen LogP contribution is -2.44. The average molecular weight is 201 g/mol. The third-order valence-corrected chi connectivity index (χ3v) is 2.92. The van der Waals surface area contributed by atoms with Crippen LogP contribution < -0.4 is 5.32 Å². The lowest BCUT2D eigenvalue weighted by Gasteiger charge is -2.30. The monoisotopic (exact) mass is 201 g/mol. The summed E-state index contributed by atoms with van der Waals surface area (Å²) in [4.78, 5) is 0. The Labute approximate surface area is 86.8 Å². The summed E-state index contributed by atoms with van der Waals surface area (Å²) in [6.07, 6.45) is 3.07. The number of aliphatic hydroxyl groups is 1. The first kappa shape index (κ1) is 12.0. The highest BCUT2D eigenvalue weighted by Crippen LogP contribution is 2.12. The van der Waals surface area contributed by atoms with Crippen LogP contribution in [0.15, 0.2) is 0 Å². The van der Waals surface area contributed by atoms with Gasteiger partial charge in [-0.2, -0.15) is 0 Å². The lowest BCUT2D eigenvalue weighted by molar-refractivity contribution is 0.0712. The average Bonchev–Trinajstić information content (AvgIpc) is 2.18. The fourth-order valence-corrected chi connectivity index (χ4v) is 1.92. The van der Waals surface area contributed by atoms with E-state index in [2.05, 4.69) is 19.2 Å². The highest BCUT2D eigenvalue weighted by Gasteiger charge is 2.19. The first-order chi connectivity index (χ1) is 6.74. The fraction of sp³-hybridized carbons (Fsp3) is 1.00. The summed E-state index contributed by atoms with van der Waals surface area (Å²) >= 11 is 0. The molecule has 1 saturated heterocycles. The molecule has 0 aromatic rings. The Morgan fingerprint density at radius 3 is 2.50 bits per heavy atom. The van der Waals surface area contributed by atoms with Gasteiger partial charge in [0.15, 0.2) is 0 Å². The Hall–Kier alpha value is -0.120. The second-order valence-electron chi connectivity index (χ2n) is 4.42. The maximum atomic E-state index is 8.95. The molecule has 0 aromatic heterocycles. The molecule has 1 unspecified atom stereocenters. The molecule has 0 radical (unpaired) electrons. The SMILES string of the molecule is CC(C)C(CCO)NC1CCOCC1. The number of hydrogen-bond acceptors (Lipinski definition) is 3. The fourth-order valence-electron chi connectivity index (χ4n) is 1.92. The summed E-state index contributed by atoms with van der Waals surface area (Å²) in [6.45, 7) is 6.43. The smallest absolute Gasteiger partial charge is 0.0480 e. The van der Waals surface area contributed by atoms with E-state index in [1.165, 1.54) is 0 Å². The molecule has 0 saturated carbocycles. The quantitative estimate of drug-likeness (QED) is 0.701. The molecule has 0 aliphatic carbocycles. The summed E-state index contributed by atoms with van der Waals surface area (Å²) < 4.78 is 5.31. The molecule has 0 spiro atoms. The molecule has 84 valence electrons. The van der Waals surface area contributed by atoms with Crippen molar-refractivity contribution < 1.29 is 9.84 Å². The summed E-state index contributed by atoms with van der Waals surface area (Å²) in [5, 5.41) is 12.6. The third-order valence-electron chi connectivity index (χ3n) is 2.92. The minimum absolute atomic E-state index is 0.277. The van der Waals surface area contributed by atoms with Crippen molar-refractivity contribution in [1.82, 2.24) is 5.32 Å². The van der Waals surface area contributed by atoms with Crippen LogP contribution in [0.25, 0.3) is 0 Å². The van der Waals surface area contributed by atoms with Crippen LogP contribution in [0.4, 0.5) is 0 Å². The van der Waals surface area contributed by atoms with Gasteiger partial charge in [-0.25, -0.2) is 0 Å². The van der Waals surface area contributed by atoms with Gasteiger partial charge in [0.25, 0.3) is 0 Å². The van der Waals surface area contributed by atoms with Gasteiger partial charge in [0.1, 0.15) is 0 Å². The van der Waals surface area contributed by atoms with Crippen molar-refractivity contribution in [3.8, 4) is 0 Å². The van der Waals surface area contributed by atoms with Crippen LogP contribution in [0, 0.1) is 5.92 Å². The Balaban J connectivity index is 2.29. The highest BCUT2D eigenvalue weighted by molar-refractivity contribution is 4.78. The topological polar surface area (TPSA) is 41.5 Å². The Morgan fingerprint density at radius 2 is 2.00 bits per heavy atom. The zero-order chi connectivity index (χ0) is 10.4. The van der Waals surface area contributed by atoms with Gasteiger partial charge in [0.05, 0.1) is 0 Å². The van der Waals surface area contributed by atoms with Gasteiger partial charge >= 0.3 is 0 Å². The van der Waals surface area contributed by atoms with Crippen molar-refractivity contribution in [3.63, 3.8) is 0 Å². The molecule has 1 atom stereocenters. The van der Waals surface area contributed by atoms with Gasteiger partial charge in [-0.1, -0.05) is 13.8 Å². The van der Waals surface area contributed by atoms with Crippen LogP contribution in [0.1, 0.15) is 33.1 Å². The van der Waals surface area contributed by atoms with E-state index >= 15 is 0 Å². The van der Waals surface area contributed by atoms with Crippen molar-refractivity contribution in [1.29, 1.82) is 0 Å². The molecule has 0 bridgehead atoms. The zero-order valence-corrected chi connectivity index (χ0v) is 9.33. The number of aliphatic hydroxyl groups excluding tert-OH is 1. The van der Waals surface area contributed by atoms with E-state index in [0.717, 1.165) is 32.5 Å². The van der Waals surface area contributed by atoms with Crippen molar-refractivity contribution in [3.05, 3.63) is 0 Å². The molecule has 3 nitrogen and oxygen atoms in total. The van der Waals surface area contributed by atoms with E-state index in [4.69, 9.17) is 9.84 Å². The molecule has 1 aliphatic heterocycles. The second kappa shape index (κ2) is 6.38. The molecule has 0 amide bonds. The van der Waals surface area contributed by atoms with Gasteiger partial charge in [0.2, 0.25) is 0 Å². The van der Waals surface area contributed by atoms with E-state index < -0.39 is 0 Å². The summed E-state index contributed by atoms with van der Waals surface area (Å²) in [5.41, 5.74) is 0. The summed E-state index contributed by atoms with van der Waals surface area (Å²) in [5.74, 6) is 0.588. The maximum absolute atomic E-state index is 8.95. The molecule has 14 heavy (non-hydrogen) atoms. The van der Waals surface area contributed by atoms with Crippen molar-refractivity contribution in [2.45, 2.75) is 45.2 Å². The predicted molar refractivity (Wildman–Crippen MR) is 57.3 cm³/mol. The minimum atomic E-state index is 0.277. The number of hydrogen-bond donors (Lipinski definition) is 2. The largest absolute Gasteiger partial charge is 0.396 e. The normalized spacial score (nSPS) is 21.4. The van der Waals surface area contributed by atoms with Crippen LogP contribution >= 0.6 is 0 Å². The van der Waals surface area contributed by atoms with E-state index in [0.29, 0.717) is 18.0 Å². The molecule has 2 N–H and O–H groups in total. The predicted octanol–water partition coefficient (Wildman–Crippen LogP) is 1.16. The van der Waals surface area contributed by atoms with Crippen LogP contribution in [-0.4, -0.2) is 37.0 Å². The van der Waals surface area contributed by atoms with E-state index in [1.54, 1.807) is 0 Å². The maximum Gasteiger partial charge on any atom is 0.0480 e. The Morgan fingerprint density at radius 1 is 1.36 bits per heavy atom. The molecule has 0 aromatic carbocycles. The number of rotatable bonds is 5. The van der Waals surface area contributed by atoms with E-state index in [1.807, 2.05) is 0 Å². The third kappa shape index (κ3) is 3.95. The zero-order valence-electron chi connectivity index (χ0n) is 9.33. The van der Waals surface area contributed by atoms with Gasteiger partial charge < -0.3 is 15.2 Å². The van der Waals surface area contributed by atoms with E-state index in [-0.39, 0.29) is 6.61 Å². The van der Waals surface area contributed by atoms with Crippen LogP contribution in [-0.2, 0) is 4.74 Å². The molecule has 1 aliphatic rings. The summed E-state index contributed by atoms with van der Waals surface area (Å²) in [7, 11) is 0. The highest BCUT2D eigenvalue weighted by atomic mass is 16.5. The number of nitrogens with one attached hydrogen (secondary N) is 1. The standard InChI is InChI=1S/C11H23NO2/c1-9(2)11(3-6-13)12-10-4-7-14-8-5-10/h9-13H,3-8H2,1-2H3. The molecular formula is C11H23NO2. The minimum Gasteiger partial charge on any atom is -0.396 e. The summed E-state index contributed by atoms with van der Waals surface area (Å²) in [6, 6.07) is 1.03. The molecule has 3 heteroatoms. The van der Waals surface area contributed by atoms with E-state index in [9.17, 15) is 0 Å². The van der Waals surface area contributed by atoms with Crippen molar-refractivity contribution in [2.24, 2.45) is 5.92 Å². The molecule has 1 heterocycles. The molecular weight excluding hydrogens is 178 g/mol. The molecule has 1 rings (SSSR count). The van der Waals surface area contributed by atoms with Crippen molar-refractivity contribution >= 4 is 0 Å². The Kier molecular flexibility index (Phi) is 5.45. The van der Waals surface area contributed by atoms with Gasteiger partial charge in [-0.3, -0.25) is 0 Å².